The summed E-state index contributed by atoms with van der Waals surface area (Å²) in [6, 6.07) is 21.2. The normalized spacial score (nSPS) is 9.96. The van der Waals surface area contributed by atoms with Crippen LogP contribution in [0.1, 0.15) is 5.56 Å². The summed E-state index contributed by atoms with van der Waals surface area (Å²) in [4.78, 5) is 0. The molecule has 24 heavy (non-hydrogen) atoms. The van der Waals surface area contributed by atoms with Crippen molar-refractivity contribution in [2.75, 3.05) is 11.5 Å². The molecule has 118 valence electrons. The number of nitrogen functional groups attached to an aromatic ring is 2. The summed E-state index contributed by atoms with van der Waals surface area (Å²) in [6.45, 7) is 0. The van der Waals surface area contributed by atoms with Crippen molar-refractivity contribution in [3.8, 4) is 29.1 Å². The van der Waals surface area contributed by atoms with E-state index < -0.39 is 0 Å². The van der Waals surface area contributed by atoms with Gasteiger partial charge in [-0.05, 0) is 36.4 Å². The molecule has 0 saturated heterocycles. The van der Waals surface area contributed by atoms with Gasteiger partial charge < -0.3 is 20.9 Å². The second-order valence-electron chi connectivity index (χ2n) is 5.09. The zero-order chi connectivity index (χ0) is 16.9. The molecule has 0 radical (unpaired) electrons. The first-order chi connectivity index (χ1) is 11.7. The van der Waals surface area contributed by atoms with Crippen LogP contribution in [0.25, 0.3) is 0 Å². The van der Waals surface area contributed by atoms with Crippen LogP contribution >= 0.6 is 0 Å². The lowest BCUT2D eigenvalue weighted by Gasteiger charge is -2.14. The Labute approximate surface area is 139 Å². The van der Waals surface area contributed by atoms with E-state index in [9.17, 15) is 5.26 Å². The Hall–Kier alpha value is -3.65. The van der Waals surface area contributed by atoms with E-state index in [0.29, 0.717) is 39.9 Å². The molecule has 0 bridgehead atoms. The first-order valence-corrected chi connectivity index (χ1v) is 7.25. The zero-order valence-corrected chi connectivity index (χ0v) is 12.8. The average Bonchev–Trinajstić information content (AvgIpc) is 2.56. The molecule has 0 aliphatic heterocycles. The Morgan fingerprint density at radius 2 is 1.33 bits per heavy atom. The van der Waals surface area contributed by atoms with Gasteiger partial charge >= 0.3 is 0 Å². The third-order valence-corrected chi connectivity index (χ3v) is 3.26. The number of nitrogens with zero attached hydrogens (tertiary/aromatic N) is 1. The first kappa shape index (κ1) is 15.3. The molecule has 0 unspecified atom stereocenters. The second kappa shape index (κ2) is 6.63. The molecular formula is C19H15N3O2. The van der Waals surface area contributed by atoms with Gasteiger partial charge in [-0.3, -0.25) is 0 Å². The number of ether oxygens (including phenoxy) is 2. The Bertz CT molecular complexity index is 916. The van der Waals surface area contributed by atoms with E-state index in [-0.39, 0.29) is 0 Å². The number of rotatable bonds is 4. The molecular weight excluding hydrogens is 302 g/mol. The summed E-state index contributed by atoms with van der Waals surface area (Å²) >= 11 is 0. The Morgan fingerprint density at radius 3 is 1.92 bits per heavy atom. The minimum absolute atomic E-state index is 0.327. The highest BCUT2D eigenvalue weighted by molar-refractivity contribution is 5.57. The van der Waals surface area contributed by atoms with Gasteiger partial charge in [-0.1, -0.05) is 18.2 Å². The predicted octanol–water partition coefficient (Wildman–Crippen LogP) is 4.31. The van der Waals surface area contributed by atoms with Crippen LogP contribution in [0.5, 0.6) is 23.0 Å². The lowest BCUT2D eigenvalue weighted by atomic mass is 10.2. The Kier molecular flexibility index (Phi) is 4.21. The molecule has 0 aliphatic carbocycles. The largest absolute Gasteiger partial charge is 0.453 e. The van der Waals surface area contributed by atoms with Gasteiger partial charge in [0.05, 0.1) is 5.56 Å². The topological polar surface area (TPSA) is 94.3 Å². The van der Waals surface area contributed by atoms with Crippen LogP contribution in [-0.2, 0) is 0 Å². The smallest absolute Gasteiger partial charge is 0.187 e. The van der Waals surface area contributed by atoms with E-state index in [0.717, 1.165) is 0 Å². The summed E-state index contributed by atoms with van der Waals surface area (Å²) in [5.74, 6) is 1.83. The fraction of sp³-hybridized carbons (Fsp3) is 0. The summed E-state index contributed by atoms with van der Waals surface area (Å²) in [5, 5.41) is 9.36. The monoisotopic (exact) mass is 317 g/mol. The molecule has 4 N–H and O–H groups in total. The number of nitrogens with two attached hydrogens (primary N) is 2. The van der Waals surface area contributed by atoms with E-state index in [4.69, 9.17) is 20.9 Å². The quantitative estimate of drug-likeness (QED) is 0.699. The van der Waals surface area contributed by atoms with Crippen LogP contribution in [0, 0.1) is 11.3 Å². The molecule has 3 aromatic rings. The summed E-state index contributed by atoms with van der Waals surface area (Å²) < 4.78 is 11.7. The summed E-state index contributed by atoms with van der Waals surface area (Å²) in [6.07, 6.45) is 0. The van der Waals surface area contributed by atoms with Crippen LogP contribution in [0.15, 0.2) is 66.7 Å². The van der Waals surface area contributed by atoms with Crippen LogP contribution in [0.4, 0.5) is 11.4 Å². The van der Waals surface area contributed by atoms with Gasteiger partial charge in [0.1, 0.15) is 17.6 Å². The average molecular weight is 317 g/mol. The van der Waals surface area contributed by atoms with E-state index >= 15 is 0 Å². The molecule has 0 aliphatic rings. The van der Waals surface area contributed by atoms with Crippen LogP contribution < -0.4 is 20.9 Å². The molecule has 5 heteroatoms. The Morgan fingerprint density at radius 1 is 0.750 bits per heavy atom. The van der Waals surface area contributed by atoms with Crippen molar-refractivity contribution < 1.29 is 9.47 Å². The van der Waals surface area contributed by atoms with Gasteiger partial charge in [-0.25, -0.2) is 0 Å². The van der Waals surface area contributed by atoms with Crippen molar-refractivity contribution in [3.63, 3.8) is 0 Å². The number of benzene rings is 3. The molecule has 0 spiro atoms. The van der Waals surface area contributed by atoms with E-state index in [1.165, 1.54) is 0 Å². The van der Waals surface area contributed by atoms with Gasteiger partial charge in [0.2, 0.25) is 0 Å². The summed E-state index contributed by atoms with van der Waals surface area (Å²) in [7, 11) is 0. The predicted molar refractivity (Wildman–Crippen MR) is 93.0 cm³/mol. The third-order valence-electron chi connectivity index (χ3n) is 3.26. The van der Waals surface area contributed by atoms with Gasteiger partial charge in [-0.15, -0.1) is 0 Å². The van der Waals surface area contributed by atoms with E-state index in [1.54, 1.807) is 66.7 Å². The molecule has 5 nitrogen and oxygen atoms in total. The molecule has 0 aromatic heterocycles. The van der Waals surface area contributed by atoms with Crippen LogP contribution in [0.3, 0.4) is 0 Å². The van der Waals surface area contributed by atoms with E-state index in [2.05, 4.69) is 6.07 Å². The van der Waals surface area contributed by atoms with Gasteiger partial charge in [0.25, 0.3) is 0 Å². The van der Waals surface area contributed by atoms with E-state index in [1.807, 2.05) is 0 Å². The SMILES string of the molecule is N#Cc1cccc(Oc2cccc(N)c2)c1Oc1cccc(N)c1. The number of hydrogen-bond acceptors (Lipinski definition) is 5. The molecule has 0 amide bonds. The number of anilines is 2. The van der Waals surface area contributed by atoms with Crippen LogP contribution in [-0.4, -0.2) is 0 Å². The van der Waals surface area contributed by atoms with Crippen molar-refractivity contribution in [2.24, 2.45) is 0 Å². The molecule has 0 heterocycles. The number of para-hydroxylation sites is 1. The van der Waals surface area contributed by atoms with Gasteiger partial charge in [-0.2, -0.15) is 5.26 Å². The zero-order valence-electron chi connectivity index (χ0n) is 12.8. The standard InChI is InChI=1S/C19H15N3O2/c20-12-13-4-1-9-18(23-16-7-2-5-14(21)10-16)19(13)24-17-8-3-6-15(22)11-17/h1-11H,21-22H2. The third kappa shape index (κ3) is 3.39. The van der Waals surface area contributed by atoms with Crippen molar-refractivity contribution in [2.45, 2.75) is 0 Å². The van der Waals surface area contributed by atoms with Crippen molar-refractivity contribution >= 4 is 11.4 Å². The minimum Gasteiger partial charge on any atom is -0.453 e. The summed E-state index contributed by atoms with van der Waals surface area (Å²) in [5.41, 5.74) is 13.1. The maximum atomic E-state index is 9.36. The number of nitriles is 1. The van der Waals surface area contributed by atoms with Gasteiger partial charge in [0, 0.05) is 23.5 Å². The minimum atomic E-state index is 0.327. The first-order valence-electron chi connectivity index (χ1n) is 7.25. The molecule has 3 rings (SSSR count). The molecule has 0 fully saturated rings. The Balaban J connectivity index is 1.99. The highest BCUT2D eigenvalue weighted by Gasteiger charge is 2.13. The van der Waals surface area contributed by atoms with Crippen molar-refractivity contribution in [3.05, 3.63) is 72.3 Å². The fourth-order valence-corrected chi connectivity index (χ4v) is 2.19. The second-order valence-corrected chi connectivity index (χ2v) is 5.09. The lowest BCUT2D eigenvalue weighted by molar-refractivity contribution is 0.418. The highest BCUT2D eigenvalue weighted by atomic mass is 16.5. The molecule has 0 saturated carbocycles. The number of hydrogen-bond donors (Lipinski definition) is 2. The molecule has 3 aromatic carbocycles. The van der Waals surface area contributed by atoms with Gasteiger partial charge in [0.15, 0.2) is 11.5 Å². The van der Waals surface area contributed by atoms with Crippen LogP contribution in [0.2, 0.25) is 0 Å². The maximum absolute atomic E-state index is 9.36. The lowest BCUT2D eigenvalue weighted by Crippen LogP contribution is -1.95. The fourth-order valence-electron chi connectivity index (χ4n) is 2.19. The van der Waals surface area contributed by atoms with Crippen molar-refractivity contribution in [1.29, 1.82) is 5.26 Å². The molecule has 0 atom stereocenters. The highest BCUT2D eigenvalue weighted by Crippen LogP contribution is 2.38. The maximum Gasteiger partial charge on any atom is 0.187 e. The van der Waals surface area contributed by atoms with Crippen molar-refractivity contribution in [1.82, 2.24) is 0 Å².